The number of likely N-dealkylation sites (N-methyl/N-ethyl adjacent to an activating group) is 1. The molecule has 0 aromatic heterocycles. The summed E-state index contributed by atoms with van der Waals surface area (Å²) in [6.45, 7) is 32.4. The normalized spacial score (nSPS) is 23.8. The molecule has 55 heavy (non-hydrogen) atoms. The number of hydrogen-bond acceptors (Lipinski definition) is 2. The Labute approximate surface area is 335 Å². The molecule has 3 aromatic rings. The van der Waals surface area contributed by atoms with Crippen molar-refractivity contribution in [3.63, 3.8) is 0 Å². The van der Waals surface area contributed by atoms with E-state index in [0.29, 0.717) is 0 Å². The Bertz CT molecular complexity index is 2040. The molecule has 0 saturated heterocycles. The summed E-state index contributed by atoms with van der Waals surface area (Å²) in [6, 6.07) is 28.7. The van der Waals surface area contributed by atoms with Gasteiger partial charge < -0.3 is 9.80 Å². The number of anilines is 2. The summed E-state index contributed by atoms with van der Waals surface area (Å²) < 4.78 is 0. The van der Waals surface area contributed by atoms with Crippen LogP contribution in [0.5, 0.6) is 0 Å². The number of rotatable bonds is 7. The highest BCUT2D eigenvalue weighted by Gasteiger charge is 2.44. The zero-order chi connectivity index (χ0) is 39.7. The Morgan fingerprint density at radius 1 is 0.655 bits per heavy atom. The first kappa shape index (κ1) is 39.5. The maximum absolute atomic E-state index is 2.78. The second-order valence-electron chi connectivity index (χ2n) is 21.1. The molecule has 0 saturated carbocycles. The average molecular weight is 735 g/mol. The van der Waals surface area contributed by atoms with E-state index >= 15 is 0 Å². The van der Waals surface area contributed by atoms with Crippen molar-refractivity contribution >= 4 is 16.9 Å². The fraction of sp³-hybridized carbons (Fsp3) is 0.509. The van der Waals surface area contributed by atoms with Crippen LogP contribution in [0, 0.1) is 10.8 Å². The maximum atomic E-state index is 2.78. The lowest BCUT2D eigenvalue weighted by Gasteiger charge is -2.49. The van der Waals surface area contributed by atoms with Crippen LogP contribution < -0.4 is 9.80 Å². The molecule has 2 atom stereocenters. The minimum atomic E-state index is 0.121. The Morgan fingerprint density at radius 2 is 1.25 bits per heavy atom. The van der Waals surface area contributed by atoms with Gasteiger partial charge in [-0.2, -0.15) is 0 Å². The van der Waals surface area contributed by atoms with E-state index < -0.39 is 0 Å². The monoisotopic (exact) mass is 735 g/mol. The Morgan fingerprint density at radius 3 is 1.89 bits per heavy atom. The minimum absolute atomic E-state index is 0.121. The summed E-state index contributed by atoms with van der Waals surface area (Å²) in [6.07, 6.45) is 14.7. The molecule has 0 N–H and O–H groups in total. The molecule has 0 spiro atoms. The van der Waals surface area contributed by atoms with Gasteiger partial charge in [0, 0.05) is 23.6 Å². The first-order valence-electron chi connectivity index (χ1n) is 21.4. The van der Waals surface area contributed by atoms with Gasteiger partial charge in [0.1, 0.15) is 0 Å². The van der Waals surface area contributed by atoms with Crippen LogP contribution in [0.15, 0.2) is 113 Å². The minimum Gasteiger partial charge on any atom is -0.365 e. The number of hydrogen-bond donors (Lipinski definition) is 0. The zero-order valence-electron chi connectivity index (χ0n) is 36.7. The molecule has 4 aliphatic carbocycles. The molecule has 0 bridgehead atoms. The van der Waals surface area contributed by atoms with Crippen LogP contribution in [0.1, 0.15) is 151 Å². The second kappa shape index (κ2) is 14.0. The Balaban J connectivity index is 1.44. The smallest absolute Gasteiger partial charge is 0.0634 e. The quantitative estimate of drug-likeness (QED) is 0.238. The Kier molecular flexibility index (Phi) is 10.0. The molecule has 292 valence electrons. The number of fused-ring (bicyclic) bond motifs is 1. The predicted molar refractivity (Wildman–Crippen MR) is 239 cm³/mol. The molecular weight excluding hydrogens is 665 g/mol. The summed E-state index contributed by atoms with van der Waals surface area (Å²) in [5.74, 6) is 0. The lowest BCUT2D eigenvalue weighted by atomic mass is 9.59. The van der Waals surface area contributed by atoms with Gasteiger partial charge in [0.05, 0.1) is 12.1 Å². The van der Waals surface area contributed by atoms with Crippen molar-refractivity contribution in [1.29, 1.82) is 0 Å². The number of benzene rings is 3. The van der Waals surface area contributed by atoms with E-state index in [2.05, 4.69) is 191 Å². The third-order valence-corrected chi connectivity index (χ3v) is 14.2. The van der Waals surface area contributed by atoms with E-state index in [0.717, 1.165) is 19.4 Å². The van der Waals surface area contributed by atoms with Gasteiger partial charge in [-0.25, -0.2) is 0 Å². The highest BCUT2D eigenvalue weighted by atomic mass is 15.2. The van der Waals surface area contributed by atoms with E-state index in [4.69, 9.17) is 0 Å². The SMILES string of the molecule is CCN(c1ccc(C(C)(C)C)cc1)C1C=C(N(c2ccc3c(c2)C(C)(C)CCC3(C)C)C2CC3=C(C=C2c2ccccc2)C(C)(C)CCC3(C)C)C=C(C)C1. The molecule has 0 amide bonds. The highest BCUT2D eigenvalue weighted by Crippen LogP contribution is 2.56. The van der Waals surface area contributed by atoms with Gasteiger partial charge in [-0.15, -0.1) is 0 Å². The van der Waals surface area contributed by atoms with Crippen LogP contribution in [-0.2, 0) is 16.2 Å². The fourth-order valence-electron chi connectivity index (χ4n) is 10.3. The summed E-state index contributed by atoms with van der Waals surface area (Å²) >= 11 is 0. The van der Waals surface area contributed by atoms with Crippen molar-refractivity contribution in [2.24, 2.45) is 10.8 Å². The van der Waals surface area contributed by atoms with Crippen molar-refractivity contribution in [1.82, 2.24) is 0 Å². The number of nitrogens with zero attached hydrogens (tertiary/aromatic N) is 2. The van der Waals surface area contributed by atoms with E-state index in [9.17, 15) is 0 Å². The van der Waals surface area contributed by atoms with Gasteiger partial charge in [-0.3, -0.25) is 0 Å². The molecule has 0 fully saturated rings. The van der Waals surface area contributed by atoms with Crippen molar-refractivity contribution in [2.75, 3.05) is 16.3 Å². The van der Waals surface area contributed by atoms with Gasteiger partial charge >= 0.3 is 0 Å². The first-order chi connectivity index (χ1) is 25.7. The second-order valence-corrected chi connectivity index (χ2v) is 21.1. The molecule has 0 heterocycles. The lowest BCUT2D eigenvalue weighted by molar-refractivity contribution is 0.257. The van der Waals surface area contributed by atoms with Crippen molar-refractivity contribution < 1.29 is 0 Å². The van der Waals surface area contributed by atoms with E-state index in [1.165, 1.54) is 76.2 Å². The molecule has 4 aliphatic rings. The van der Waals surface area contributed by atoms with Crippen LogP contribution in [0.25, 0.3) is 5.57 Å². The van der Waals surface area contributed by atoms with Crippen LogP contribution in [0.4, 0.5) is 11.4 Å². The summed E-state index contributed by atoms with van der Waals surface area (Å²) in [7, 11) is 0. The standard InChI is InChI=1S/C53H70N2/c1-14-54(39-22-20-38(21-23-39)49(3,4)5)41-30-36(2)31-42(32-41)55(40-24-25-44-45(33-40)51(8,9)27-26-50(44,6)7)48-35-47-46(52(10,11)28-29-53(47,12)13)34-43(48)37-18-16-15-17-19-37/h15-25,31-34,41,48H,14,26-30,35H2,1-13H3. The van der Waals surface area contributed by atoms with E-state index in [1.54, 1.807) is 11.1 Å². The fourth-order valence-corrected chi connectivity index (χ4v) is 10.3. The molecule has 2 unspecified atom stereocenters. The molecule has 2 heteroatoms. The molecule has 3 aromatic carbocycles. The van der Waals surface area contributed by atoms with Crippen molar-refractivity contribution in [3.8, 4) is 0 Å². The molecule has 2 nitrogen and oxygen atoms in total. The van der Waals surface area contributed by atoms with Crippen LogP contribution >= 0.6 is 0 Å². The first-order valence-corrected chi connectivity index (χ1v) is 21.4. The topological polar surface area (TPSA) is 6.48 Å². The van der Waals surface area contributed by atoms with E-state index in [-0.39, 0.29) is 39.2 Å². The lowest BCUT2D eigenvalue weighted by Crippen LogP contribution is -2.44. The molecule has 7 rings (SSSR count). The molecule has 0 radical (unpaired) electrons. The summed E-state index contributed by atoms with van der Waals surface area (Å²) in [5.41, 5.74) is 16.6. The molecule has 0 aliphatic heterocycles. The third kappa shape index (κ3) is 7.45. The largest absolute Gasteiger partial charge is 0.365 e. The maximum Gasteiger partial charge on any atom is 0.0634 e. The number of allylic oxidation sites excluding steroid dienone is 3. The van der Waals surface area contributed by atoms with Gasteiger partial charge in [0.25, 0.3) is 0 Å². The van der Waals surface area contributed by atoms with E-state index in [1.807, 2.05) is 0 Å². The van der Waals surface area contributed by atoms with Gasteiger partial charge in [0.2, 0.25) is 0 Å². The van der Waals surface area contributed by atoms with Crippen molar-refractivity contribution in [3.05, 3.63) is 136 Å². The van der Waals surface area contributed by atoms with Crippen LogP contribution in [0.3, 0.4) is 0 Å². The van der Waals surface area contributed by atoms with Gasteiger partial charge in [0.15, 0.2) is 0 Å². The van der Waals surface area contributed by atoms with Gasteiger partial charge in [-0.05, 0) is 149 Å². The Hall–Kier alpha value is -3.78. The zero-order valence-corrected chi connectivity index (χ0v) is 36.7. The third-order valence-electron chi connectivity index (χ3n) is 14.2. The predicted octanol–water partition coefficient (Wildman–Crippen LogP) is 14.3. The summed E-state index contributed by atoms with van der Waals surface area (Å²) in [4.78, 5) is 5.41. The average Bonchev–Trinajstić information content (AvgIpc) is 3.13. The van der Waals surface area contributed by atoms with Gasteiger partial charge in [-0.1, -0.05) is 142 Å². The molecular formula is C53H70N2. The van der Waals surface area contributed by atoms with Crippen LogP contribution in [-0.4, -0.2) is 18.6 Å². The van der Waals surface area contributed by atoms with Crippen molar-refractivity contribution in [2.45, 2.75) is 157 Å². The highest BCUT2D eigenvalue weighted by molar-refractivity contribution is 5.81. The van der Waals surface area contributed by atoms with Crippen LogP contribution in [0.2, 0.25) is 0 Å². The summed E-state index contributed by atoms with van der Waals surface area (Å²) in [5, 5.41) is 0.